The minimum absolute atomic E-state index is 0.581. The highest BCUT2D eigenvalue weighted by molar-refractivity contribution is 5.50. The molecule has 1 N–H and O–H groups in total. The number of aryl methyl sites for hydroxylation is 1. The van der Waals surface area contributed by atoms with Crippen molar-refractivity contribution in [1.29, 1.82) is 0 Å². The maximum atomic E-state index is 3.27. The zero-order chi connectivity index (χ0) is 13.8. The maximum absolute atomic E-state index is 3.27. The Hall–Kier alpha value is -1.06. The molecule has 0 aliphatic carbocycles. The van der Waals surface area contributed by atoms with Crippen molar-refractivity contribution in [3.63, 3.8) is 0 Å². The first-order valence-electron chi connectivity index (χ1n) is 7.30. The molecule has 1 aromatic rings. The number of hydrogen-bond acceptors (Lipinski definition) is 3. The molecule has 0 saturated carbocycles. The quantitative estimate of drug-likeness (QED) is 0.895. The first-order valence-corrected chi connectivity index (χ1v) is 7.30. The van der Waals surface area contributed by atoms with Gasteiger partial charge in [0.2, 0.25) is 0 Å². The van der Waals surface area contributed by atoms with Gasteiger partial charge in [0, 0.05) is 30.9 Å². The van der Waals surface area contributed by atoms with E-state index in [2.05, 4.69) is 60.3 Å². The van der Waals surface area contributed by atoms with Crippen molar-refractivity contribution < 1.29 is 0 Å². The summed E-state index contributed by atoms with van der Waals surface area (Å²) in [5.41, 5.74) is 2.71. The fraction of sp³-hybridized carbons (Fsp3) is 0.625. The summed E-state index contributed by atoms with van der Waals surface area (Å²) in [5.74, 6) is 0. The van der Waals surface area contributed by atoms with Crippen LogP contribution in [0.1, 0.15) is 18.9 Å². The molecule has 1 saturated heterocycles. The van der Waals surface area contributed by atoms with E-state index in [1.807, 2.05) is 7.05 Å². The van der Waals surface area contributed by atoms with Gasteiger partial charge in [0.25, 0.3) is 0 Å². The van der Waals surface area contributed by atoms with Crippen LogP contribution in [0.15, 0.2) is 24.3 Å². The van der Waals surface area contributed by atoms with Crippen LogP contribution < -0.4 is 10.2 Å². The molecule has 1 heterocycles. The van der Waals surface area contributed by atoms with Crippen LogP contribution in [0, 0.1) is 6.92 Å². The van der Waals surface area contributed by atoms with Gasteiger partial charge < -0.3 is 10.2 Å². The molecule has 1 aliphatic heterocycles. The Bertz CT molecular complexity index is 405. The molecule has 3 nitrogen and oxygen atoms in total. The number of nitrogens with one attached hydrogen (secondary N) is 1. The molecule has 0 bridgehead atoms. The molecule has 19 heavy (non-hydrogen) atoms. The zero-order valence-corrected chi connectivity index (χ0v) is 12.7. The predicted octanol–water partition coefficient (Wildman–Crippen LogP) is 2.11. The van der Waals surface area contributed by atoms with Gasteiger partial charge in [-0.25, -0.2) is 0 Å². The highest BCUT2D eigenvalue weighted by Crippen LogP contribution is 2.24. The van der Waals surface area contributed by atoms with Gasteiger partial charge in [-0.05, 0) is 58.6 Å². The van der Waals surface area contributed by atoms with E-state index in [4.69, 9.17) is 0 Å². The summed E-state index contributed by atoms with van der Waals surface area (Å²) in [6.07, 6.45) is 1.21. The molecule has 2 atom stereocenters. The molecule has 2 unspecified atom stereocenters. The highest BCUT2D eigenvalue weighted by atomic mass is 15.3. The fourth-order valence-electron chi connectivity index (χ4n) is 3.00. The lowest BCUT2D eigenvalue weighted by Gasteiger charge is -2.45. The Morgan fingerprint density at radius 1 is 1.32 bits per heavy atom. The van der Waals surface area contributed by atoms with Crippen LogP contribution >= 0.6 is 0 Å². The van der Waals surface area contributed by atoms with Gasteiger partial charge in [0.15, 0.2) is 0 Å². The number of anilines is 1. The Balaban J connectivity index is 2.11. The van der Waals surface area contributed by atoms with E-state index in [-0.39, 0.29) is 0 Å². The molecule has 106 valence electrons. The summed E-state index contributed by atoms with van der Waals surface area (Å²) in [6.45, 7) is 7.85. The van der Waals surface area contributed by atoms with Crippen molar-refractivity contribution in [3.8, 4) is 0 Å². The van der Waals surface area contributed by atoms with E-state index in [0.717, 1.165) is 19.6 Å². The molecule has 3 heteroatoms. The first-order chi connectivity index (χ1) is 9.11. The second kappa shape index (κ2) is 6.40. The number of likely N-dealkylation sites (N-methyl/N-ethyl adjacent to an activating group) is 1. The third kappa shape index (κ3) is 3.48. The molecular weight excluding hydrogens is 234 g/mol. The summed E-state index contributed by atoms with van der Waals surface area (Å²) in [4.78, 5) is 5.07. The van der Waals surface area contributed by atoms with E-state index in [1.165, 1.54) is 17.7 Å². The highest BCUT2D eigenvalue weighted by Gasteiger charge is 2.28. The van der Waals surface area contributed by atoms with Crippen LogP contribution in [0.4, 0.5) is 5.69 Å². The largest absolute Gasteiger partial charge is 0.366 e. The minimum atomic E-state index is 0.581. The topological polar surface area (TPSA) is 18.5 Å². The second-order valence-electron chi connectivity index (χ2n) is 5.83. The Labute approximate surface area is 117 Å². The molecule has 1 aliphatic rings. The standard InChI is InChI=1S/C16H27N3/c1-13-6-5-7-15(10-13)19-12-16(8-9-17-3)18(4)11-14(19)2/h5-7,10,14,16-17H,8-9,11-12H2,1-4H3. The van der Waals surface area contributed by atoms with E-state index < -0.39 is 0 Å². The van der Waals surface area contributed by atoms with Gasteiger partial charge in [-0.1, -0.05) is 12.1 Å². The van der Waals surface area contributed by atoms with Crippen LogP contribution in [0.3, 0.4) is 0 Å². The van der Waals surface area contributed by atoms with Crippen LogP contribution in [0.5, 0.6) is 0 Å². The molecule has 1 fully saturated rings. The van der Waals surface area contributed by atoms with Crippen molar-refractivity contribution in [3.05, 3.63) is 29.8 Å². The third-order valence-corrected chi connectivity index (χ3v) is 4.18. The van der Waals surface area contributed by atoms with Crippen LogP contribution in [-0.2, 0) is 0 Å². The first kappa shape index (κ1) is 14.4. The van der Waals surface area contributed by atoms with Gasteiger partial charge in [-0.3, -0.25) is 4.90 Å². The van der Waals surface area contributed by atoms with Crippen LogP contribution in [0.2, 0.25) is 0 Å². The van der Waals surface area contributed by atoms with E-state index in [0.29, 0.717) is 12.1 Å². The van der Waals surface area contributed by atoms with Gasteiger partial charge in [-0.2, -0.15) is 0 Å². The van der Waals surface area contributed by atoms with Crippen molar-refractivity contribution in [1.82, 2.24) is 10.2 Å². The van der Waals surface area contributed by atoms with Crippen molar-refractivity contribution >= 4 is 5.69 Å². The van der Waals surface area contributed by atoms with E-state index in [9.17, 15) is 0 Å². The van der Waals surface area contributed by atoms with Gasteiger partial charge in [-0.15, -0.1) is 0 Å². The molecule has 0 amide bonds. The van der Waals surface area contributed by atoms with Crippen molar-refractivity contribution in [2.75, 3.05) is 38.6 Å². The van der Waals surface area contributed by atoms with Gasteiger partial charge >= 0.3 is 0 Å². The SMILES string of the molecule is CNCCC1CN(c2cccc(C)c2)C(C)CN1C. The van der Waals surface area contributed by atoms with E-state index >= 15 is 0 Å². The smallest absolute Gasteiger partial charge is 0.0389 e. The zero-order valence-electron chi connectivity index (χ0n) is 12.7. The number of benzene rings is 1. The van der Waals surface area contributed by atoms with Gasteiger partial charge in [0.1, 0.15) is 0 Å². The minimum Gasteiger partial charge on any atom is -0.366 e. The summed E-state index contributed by atoms with van der Waals surface area (Å²) < 4.78 is 0. The molecule has 0 spiro atoms. The monoisotopic (exact) mass is 261 g/mol. The summed E-state index contributed by atoms with van der Waals surface area (Å²) >= 11 is 0. The summed E-state index contributed by atoms with van der Waals surface area (Å²) in [7, 11) is 4.29. The number of hydrogen-bond donors (Lipinski definition) is 1. The van der Waals surface area contributed by atoms with Crippen molar-refractivity contribution in [2.24, 2.45) is 0 Å². The Kier molecular flexibility index (Phi) is 4.83. The molecule has 1 aromatic carbocycles. The number of nitrogens with zero attached hydrogens (tertiary/aromatic N) is 2. The summed E-state index contributed by atoms with van der Waals surface area (Å²) in [5, 5.41) is 3.27. The molecule has 0 radical (unpaired) electrons. The average molecular weight is 261 g/mol. The molecular formula is C16H27N3. The second-order valence-corrected chi connectivity index (χ2v) is 5.83. The maximum Gasteiger partial charge on any atom is 0.0389 e. The van der Waals surface area contributed by atoms with E-state index in [1.54, 1.807) is 0 Å². The average Bonchev–Trinajstić information content (AvgIpc) is 2.38. The summed E-state index contributed by atoms with van der Waals surface area (Å²) in [6, 6.07) is 10.1. The fourth-order valence-corrected chi connectivity index (χ4v) is 3.00. The normalized spacial score (nSPS) is 24.7. The molecule has 2 rings (SSSR count). The van der Waals surface area contributed by atoms with Crippen LogP contribution in [-0.4, -0.2) is 50.7 Å². The Morgan fingerprint density at radius 3 is 2.79 bits per heavy atom. The lowest BCUT2D eigenvalue weighted by molar-refractivity contribution is 0.183. The van der Waals surface area contributed by atoms with Crippen molar-refractivity contribution in [2.45, 2.75) is 32.4 Å². The third-order valence-electron chi connectivity index (χ3n) is 4.18. The van der Waals surface area contributed by atoms with Crippen LogP contribution in [0.25, 0.3) is 0 Å². The Morgan fingerprint density at radius 2 is 2.11 bits per heavy atom. The lowest BCUT2D eigenvalue weighted by atomic mass is 10.0. The molecule has 0 aromatic heterocycles. The number of piperazine rings is 1. The number of rotatable bonds is 4. The van der Waals surface area contributed by atoms with Gasteiger partial charge in [0.05, 0.1) is 0 Å². The predicted molar refractivity (Wildman–Crippen MR) is 82.9 cm³/mol. The lowest BCUT2D eigenvalue weighted by Crippen LogP contribution is -2.56.